The maximum atomic E-state index is 6.15. The number of hydrogen-bond donors (Lipinski definition) is 1. The Morgan fingerprint density at radius 1 is 1.28 bits per heavy atom. The zero-order chi connectivity index (χ0) is 18.1. The Bertz CT molecular complexity index is 747. The van der Waals surface area contributed by atoms with Gasteiger partial charge in [-0.3, -0.25) is 9.58 Å². The molecule has 1 aromatic carbocycles. The van der Waals surface area contributed by atoms with Crippen LogP contribution in [0.15, 0.2) is 18.2 Å². The van der Waals surface area contributed by atoms with Crippen molar-refractivity contribution < 1.29 is 0 Å². The molecule has 2 aromatic rings. The molecule has 1 aliphatic heterocycles. The predicted octanol–water partition coefficient (Wildman–Crippen LogP) is 2.16. The van der Waals surface area contributed by atoms with E-state index in [4.69, 9.17) is 5.73 Å². The van der Waals surface area contributed by atoms with Crippen molar-refractivity contribution in [3.63, 3.8) is 0 Å². The minimum Gasteiger partial charge on any atom is -0.329 e. The van der Waals surface area contributed by atoms with Crippen molar-refractivity contribution in [3.8, 4) is 0 Å². The summed E-state index contributed by atoms with van der Waals surface area (Å²) in [5.41, 5.74) is 14.2. The van der Waals surface area contributed by atoms with Crippen molar-refractivity contribution in [1.82, 2.24) is 19.6 Å². The Hall–Kier alpha value is -1.69. The summed E-state index contributed by atoms with van der Waals surface area (Å²) in [5, 5.41) is 4.54. The van der Waals surface area contributed by atoms with Gasteiger partial charge >= 0.3 is 0 Å². The first-order chi connectivity index (χ1) is 11.9. The molecule has 0 saturated heterocycles. The number of rotatable bonds is 6. The van der Waals surface area contributed by atoms with E-state index in [0.717, 1.165) is 31.7 Å². The van der Waals surface area contributed by atoms with Crippen LogP contribution in [0.3, 0.4) is 0 Å². The van der Waals surface area contributed by atoms with Gasteiger partial charge < -0.3 is 10.6 Å². The average molecular weight is 342 g/mol. The molecule has 0 amide bonds. The van der Waals surface area contributed by atoms with E-state index in [-0.39, 0.29) is 0 Å². The zero-order valence-electron chi connectivity index (χ0n) is 16.2. The molecule has 1 aromatic heterocycles. The average Bonchev–Trinajstić information content (AvgIpc) is 3.01. The molecule has 25 heavy (non-hydrogen) atoms. The molecule has 0 radical (unpaired) electrons. The summed E-state index contributed by atoms with van der Waals surface area (Å²) >= 11 is 0. The minimum atomic E-state index is 0.328. The predicted molar refractivity (Wildman–Crippen MR) is 102 cm³/mol. The van der Waals surface area contributed by atoms with E-state index in [9.17, 15) is 0 Å². The lowest BCUT2D eigenvalue weighted by Crippen LogP contribution is -2.30. The molecule has 2 heterocycles. The van der Waals surface area contributed by atoms with Crippen LogP contribution in [0.1, 0.15) is 39.7 Å². The van der Waals surface area contributed by atoms with E-state index in [0.29, 0.717) is 12.6 Å². The number of aryl methyl sites for hydroxylation is 2. The second-order valence-corrected chi connectivity index (χ2v) is 7.52. The van der Waals surface area contributed by atoms with E-state index in [1.54, 1.807) is 0 Å². The SMILES string of the molecule is Cc1nn(C)c(C)c1CCN1Cc2ccc(CN(C)C)cc2C1CN. The van der Waals surface area contributed by atoms with Gasteiger partial charge in [0.15, 0.2) is 0 Å². The van der Waals surface area contributed by atoms with Crippen LogP contribution in [0.5, 0.6) is 0 Å². The van der Waals surface area contributed by atoms with Crippen molar-refractivity contribution in [2.75, 3.05) is 27.2 Å². The fourth-order valence-corrected chi connectivity index (χ4v) is 4.03. The highest BCUT2D eigenvalue weighted by Crippen LogP contribution is 2.34. The lowest BCUT2D eigenvalue weighted by Gasteiger charge is -2.24. The molecule has 5 nitrogen and oxygen atoms in total. The van der Waals surface area contributed by atoms with Gasteiger partial charge in [-0.2, -0.15) is 5.10 Å². The molecule has 136 valence electrons. The summed E-state index contributed by atoms with van der Waals surface area (Å²) in [7, 11) is 6.24. The smallest absolute Gasteiger partial charge is 0.0628 e. The number of nitrogens with two attached hydrogens (primary N) is 1. The maximum Gasteiger partial charge on any atom is 0.0628 e. The summed E-state index contributed by atoms with van der Waals surface area (Å²) in [5.74, 6) is 0. The minimum absolute atomic E-state index is 0.328. The largest absolute Gasteiger partial charge is 0.329 e. The van der Waals surface area contributed by atoms with Gasteiger partial charge in [0.2, 0.25) is 0 Å². The Labute approximate surface area is 151 Å². The first-order valence-electron chi connectivity index (χ1n) is 9.10. The van der Waals surface area contributed by atoms with Crippen LogP contribution in [0.25, 0.3) is 0 Å². The highest BCUT2D eigenvalue weighted by molar-refractivity contribution is 5.38. The van der Waals surface area contributed by atoms with Crippen LogP contribution in [-0.2, 0) is 26.6 Å². The Morgan fingerprint density at radius 3 is 2.64 bits per heavy atom. The summed E-state index contributed by atoms with van der Waals surface area (Å²) in [6.07, 6.45) is 1.03. The van der Waals surface area contributed by atoms with Gasteiger partial charge in [0, 0.05) is 45.0 Å². The first kappa shape index (κ1) is 18.1. The third kappa shape index (κ3) is 3.64. The summed E-state index contributed by atoms with van der Waals surface area (Å²) in [6.45, 7) is 7.92. The van der Waals surface area contributed by atoms with Crippen LogP contribution < -0.4 is 5.73 Å². The molecule has 1 aliphatic rings. The monoisotopic (exact) mass is 341 g/mol. The summed E-state index contributed by atoms with van der Waals surface area (Å²) < 4.78 is 1.98. The molecule has 1 unspecified atom stereocenters. The number of fused-ring (bicyclic) bond motifs is 1. The van der Waals surface area contributed by atoms with Crippen LogP contribution in [0.2, 0.25) is 0 Å². The molecule has 0 saturated carbocycles. The van der Waals surface area contributed by atoms with E-state index in [2.05, 4.69) is 61.0 Å². The fourth-order valence-electron chi connectivity index (χ4n) is 4.03. The Kier molecular flexibility index (Phi) is 5.27. The van der Waals surface area contributed by atoms with Gasteiger partial charge in [0.25, 0.3) is 0 Å². The van der Waals surface area contributed by atoms with E-state index in [1.807, 2.05) is 11.7 Å². The van der Waals surface area contributed by atoms with Crippen molar-refractivity contribution in [2.45, 2.75) is 39.4 Å². The van der Waals surface area contributed by atoms with Gasteiger partial charge in [0.05, 0.1) is 5.69 Å². The molecular formula is C20H31N5. The molecule has 3 rings (SSSR count). The molecular weight excluding hydrogens is 310 g/mol. The molecule has 1 atom stereocenters. The van der Waals surface area contributed by atoms with Gasteiger partial charge in [-0.05, 0) is 56.6 Å². The standard InChI is InChI=1S/C20H31N5/c1-14-18(15(2)24(5)22-14)8-9-25-13-17-7-6-16(12-23(3)4)10-19(17)20(25)11-21/h6-7,10,20H,8-9,11-13,21H2,1-5H3. The lowest BCUT2D eigenvalue weighted by atomic mass is 10.0. The normalized spacial score (nSPS) is 17.5. The topological polar surface area (TPSA) is 50.3 Å². The third-order valence-electron chi connectivity index (χ3n) is 5.41. The highest BCUT2D eigenvalue weighted by Gasteiger charge is 2.29. The van der Waals surface area contributed by atoms with Crippen LogP contribution in [-0.4, -0.2) is 46.8 Å². The molecule has 5 heteroatoms. The molecule has 0 aliphatic carbocycles. The number of benzene rings is 1. The molecule has 0 fully saturated rings. The highest BCUT2D eigenvalue weighted by atomic mass is 15.3. The lowest BCUT2D eigenvalue weighted by molar-refractivity contribution is 0.222. The van der Waals surface area contributed by atoms with Crippen LogP contribution in [0.4, 0.5) is 0 Å². The van der Waals surface area contributed by atoms with Gasteiger partial charge in [0.1, 0.15) is 0 Å². The second kappa shape index (κ2) is 7.28. The summed E-state index contributed by atoms with van der Waals surface area (Å²) in [6, 6.07) is 7.23. The van der Waals surface area contributed by atoms with Crippen LogP contribution >= 0.6 is 0 Å². The van der Waals surface area contributed by atoms with Gasteiger partial charge in [-0.25, -0.2) is 0 Å². The van der Waals surface area contributed by atoms with Crippen molar-refractivity contribution >= 4 is 0 Å². The summed E-state index contributed by atoms with van der Waals surface area (Å²) in [4.78, 5) is 4.73. The second-order valence-electron chi connectivity index (χ2n) is 7.52. The van der Waals surface area contributed by atoms with Gasteiger partial charge in [-0.1, -0.05) is 18.2 Å². The van der Waals surface area contributed by atoms with Crippen molar-refractivity contribution in [2.24, 2.45) is 12.8 Å². The van der Waals surface area contributed by atoms with Gasteiger partial charge in [-0.15, -0.1) is 0 Å². The first-order valence-corrected chi connectivity index (χ1v) is 9.10. The van der Waals surface area contributed by atoms with E-state index >= 15 is 0 Å². The number of nitrogens with zero attached hydrogens (tertiary/aromatic N) is 4. The van der Waals surface area contributed by atoms with Crippen molar-refractivity contribution in [3.05, 3.63) is 51.8 Å². The quantitative estimate of drug-likeness (QED) is 0.875. The Balaban J connectivity index is 1.75. The Morgan fingerprint density at radius 2 is 2.04 bits per heavy atom. The molecule has 0 spiro atoms. The van der Waals surface area contributed by atoms with E-state index < -0.39 is 0 Å². The third-order valence-corrected chi connectivity index (χ3v) is 5.41. The maximum absolute atomic E-state index is 6.15. The van der Waals surface area contributed by atoms with Crippen molar-refractivity contribution in [1.29, 1.82) is 0 Å². The fraction of sp³-hybridized carbons (Fsp3) is 0.550. The molecule has 0 bridgehead atoms. The van der Waals surface area contributed by atoms with E-state index in [1.165, 1.54) is 27.9 Å². The zero-order valence-corrected chi connectivity index (χ0v) is 16.2. The molecule has 2 N–H and O–H groups in total. The number of aromatic nitrogens is 2. The van der Waals surface area contributed by atoms with Crippen LogP contribution in [0, 0.1) is 13.8 Å². The number of hydrogen-bond acceptors (Lipinski definition) is 4.